The van der Waals surface area contributed by atoms with Crippen molar-refractivity contribution in [2.75, 3.05) is 0 Å². The highest BCUT2D eigenvalue weighted by Gasteiger charge is 2.40. The molecule has 0 spiro atoms. The molecule has 3 nitrogen and oxygen atoms in total. The van der Waals surface area contributed by atoms with Crippen molar-refractivity contribution < 1.29 is 9.59 Å². The molecule has 128 valence electrons. The van der Waals surface area contributed by atoms with Crippen LogP contribution in [0.2, 0.25) is 5.02 Å². The highest BCUT2D eigenvalue weighted by Crippen LogP contribution is 2.38. The first-order chi connectivity index (χ1) is 12.0. The Morgan fingerprint density at radius 1 is 0.960 bits per heavy atom. The monoisotopic (exact) mass is 371 g/mol. The van der Waals surface area contributed by atoms with Crippen LogP contribution in [-0.4, -0.2) is 22.8 Å². The maximum atomic E-state index is 12.9. The van der Waals surface area contributed by atoms with Crippen molar-refractivity contribution in [1.29, 1.82) is 0 Å². The van der Waals surface area contributed by atoms with Gasteiger partial charge in [0.25, 0.3) is 11.8 Å². The van der Waals surface area contributed by atoms with E-state index >= 15 is 0 Å². The molecule has 0 saturated carbocycles. The lowest BCUT2D eigenvalue weighted by Gasteiger charge is -2.19. The van der Waals surface area contributed by atoms with Gasteiger partial charge in [0.2, 0.25) is 0 Å². The molecule has 3 rings (SSSR count). The van der Waals surface area contributed by atoms with Crippen molar-refractivity contribution in [1.82, 2.24) is 4.90 Å². The smallest absolute Gasteiger partial charge is 0.268 e. The van der Waals surface area contributed by atoms with Gasteiger partial charge in [0, 0.05) is 16.8 Å². The van der Waals surface area contributed by atoms with Crippen LogP contribution in [0.1, 0.15) is 25.0 Å². The molecule has 0 saturated heterocycles. The highest BCUT2D eigenvalue weighted by molar-refractivity contribution is 8.03. The van der Waals surface area contributed by atoms with Crippen molar-refractivity contribution in [3.05, 3.63) is 75.7 Å². The molecular weight excluding hydrogens is 354 g/mol. The molecule has 2 amide bonds. The Bertz CT molecular complexity index is 829. The summed E-state index contributed by atoms with van der Waals surface area (Å²) in [6.07, 6.45) is 0. The van der Waals surface area contributed by atoms with Crippen LogP contribution in [0.25, 0.3) is 5.57 Å². The second-order valence-corrected chi connectivity index (χ2v) is 7.48. The van der Waals surface area contributed by atoms with Gasteiger partial charge in [-0.2, -0.15) is 0 Å². The zero-order chi connectivity index (χ0) is 18.0. The number of thioether (sulfide) groups is 1. The largest absolute Gasteiger partial charge is 0.271 e. The number of nitrogens with zero attached hydrogens (tertiary/aromatic N) is 1. The van der Waals surface area contributed by atoms with Gasteiger partial charge in [0.05, 0.1) is 10.5 Å². The molecule has 0 bridgehead atoms. The maximum Gasteiger partial charge on any atom is 0.268 e. The fourth-order valence-corrected chi connectivity index (χ4v) is 3.93. The van der Waals surface area contributed by atoms with Gasteiger partial charge in [-0.3, -0.25) is 14.5 Å². The van der Waals surface area contributed by atoms with Gasteiger partial charge in [-0.05, 0) is 37.1 Å². The number of amides is 2. The highest BCUT2D eigenvalue weighted by atomic mass is 35.5. The van der Waals surface area contributed by atoms with Crippen LogP contribution in [0.5, 0.6) is 0 Å². The molecule has 0 radical (unpaired) electrons. The predicted molar refractivity (Wildman–Crippen MR) is 103 cm³/mol. The molecular formula is C20H18ClNO2S. The van der Waals surface area contributed by atoms with Crippen molar-refractivity contribution >= 4 is 40.8 Å². The summed E-state index contributed by atoms with van der Waals surface area (Å²) in [6.45, 7) is 3.69. The molecule has 0 atom stereocenters. The Morgan fingerprint density at radius 2 is 1.60 bits per heavy atom. The number of carbonyl (C=O) groups excluding carboxylic acids is 2. The third-order valence-electron chi connectivity index (χ3n) is 3.95. The minimum Gasteiger partial charge on any atom is -0.271 e. The van der Waals surface area contributed by atoms with Gasteiger partial charge < -0.3 is 0 Å². The van der Waals surface area contributed by atoms with Crippen molar-refractivity contribution in [3.8, 4) is 0 Å². The molecule has 1 heterocycles. The normalized spacial score (nSPS) is 14.8. The Balaban J connectivity index is 1.98. The number of benzene rings is 2. The summed E-state index contributed by atoms with van der Waals surface area (Å²) in [5.41, 5.74) is 2.30. The van der Waals surface area contributed by atoms with Crippen LogP contribution in [0.3, 0.4) is 0 Å². The van der Waals surface area contributed by atoms with Crippen molar-refractivity contribution in [2.45, 2.75) is 25.6 Å². The molecule has 2 aromatic rings. The topological polar surface area (TPSA) is 37.4 Å². The van der Waals surface area contributed by atoms with E-state index in [4.69, 9.17) is 11.6 Å². The van der Waals surface area contributed by atoms with Gasteiger partial charge in [-0.15, -0.1) is 11.8 Å². The number of rotatable bonds is 5. The fourth-order valence-electron chi connectivity index (χ4n) is 2.73. The average Bonchev–Trinajstić information content (AvgIpc) is 2.85. The summed E-state index contributed by atoms with van der Waals surface area (Å²) in [5, 5.41) is 0.598. The molecule has 1 aliphatic heterocycles. The van der Waals surface area contributed by atoms with Crippen LogP contribution in [0.4, 0.5) is 0 Å². The lowest BCUT2D eigenvalue weighted by atomic mass is 10.1. The van der Waals surface area contributed by atoms with E-state index in [0.717, 1.165) is 11.1 Å². The van der Waals surface area contributed by atoms with Crippen LogP contribution in [0.15, 0.2) is 59.5 Å². The van der Waals surface area contributed by atoms with E-state index in [-0.39, 0.29) is 17.9 Å². The molecule has 0 unspecified atom stereocenters. The summed E-state index contributed by atoms with van der Waals surface area (Å²) < 4.78 is 0. The molecule has 0 N–H and O–H groups in total. The number of carbonyl (C=O) groups is 2. The van der Waals surface area contributed by atoms with E-state index in [2.05, 4.69) is 0 Å². The maximum absolute atomic E-state index is 12.9. The molecule has 0 aromatic heterocycles. The van der Waals surface area contributed by atoms with Gasteiger partial charge in [0.1, 0.15) is 0 Å². The second kappa shape index (κ2) is 7.46. The van der Waals surface area contributed by atoms with E-state index in [0.29, 0.717) is 21.3 Å². The molecule has 2 aromatic carbocycles. The molecule has 5 heteroatoms. The first kappa shape index (κ1) is 17.8. The van der Waals surface area contributed by atoms with Crippen LogP contribution < -0.4 is 0 Å². The SMILES string of the molecule is CC(C)N1C(=O)C(SCc2ccccc2)=C(c2ccc(Cl)cc2)C1=O. The van der Waals surface area contributed by atoms with Crippen molar-refractivity contribution in [3.63, 3.8) is 0 Å². The average molecular weight is 372 g/mol. The number of hydrogen-bond donors (Lipinski definition) is 0. The lowest BCUT2D eigenvalue weighted by Crippen LogP contribution is -2.37. The van der Waals surface area contributed by atoms with Crippen LogP contribution in [-0.2, 0) is 15.3 Å². The molecule has 1 aliphatic rings. The third-order valence-corrected chi connectivity index (χ3v) is 5.35. The van der Waals surface area contributed by atoms with E-state index in [1.54, 1.807) is 24.3 Å². The summed E-state index contributed by atoms with van der Waals surface area (Å²) in [7, 11) is 0. The van der Waals surface area contributed by atoms with E-state index < -0.39 is 0 Å². The fraction of sp³-hybridized carbons (Fsp3) is 0.200. The quantitative estimate of drug-likeness (QED) is 0.711. The summed E-state index contributed by atoms with van der Waals surface area (Å²) >= 11 is 7.37. The van der Waals surface area contributed by atoms with E-state index in [1.807, 2.05) is 44.2 Å². The number of imide groups is 1. The lowest BCUT2D eigenvalue weighted by molar-refractivity contribution is -0.138. The Labute approximate surface area is 156 Å². The summed E-state index contributed by atoms with van der Waals surface area (Å²) in [5.74, 6) is 0.182. The van der Waals surface area contributed by atoms with Gasteiger partial charge in [-0.1, -0.05) is 54.1 Å². The van der Waals surface area contributed by atoms with E-state index in [1.165, 1.54) is 16.7 Å². The molecule has 25 heavy (non-hydrogen) atoms. The summed E-state index contributed by atoms with van der Waals surface area (Å²) in [4.78, 5) is 27.5. The number of hydrogen-bond acceptors (Lipinski definition) is 3. The van der Waals surface area contributed by atoms with E-state index in [9.17, 15) is 9.59 Å². The zero-order valence-electron chi connectivity index (χ0n) is 14.0. The Morgan fingerprint density at radius 3 is 2.20 bits per heavy atom. The van der Waals surface area contributed by atoms with Gasteiger partial charge in [0.15, 0.2) is 0 Å². The van der Waals surface area contributed by atoms with Crippen molar-refractivity contribution in [2.24, 2.45) is 0 Å². The standard InChI is InChI=1S/C20H18ClNO2S/c1-13(2)22-19(23)17(15-8-10-16(21)11-9-15)18(20(22)24)25-12-14-6-4-3-5-7-14/h3-11,13H,12H2,1-2H3. The Kier molecular flexibility index (Phi) is 5.30. The van der Waals surface area contributed by atoms with Gasteiger partial charge >= 0.3 is 0 Å². The first-order valence-corrected chi connectivity index (χ1v) is 9.40. The predicted octanol–water partition coefficient (Wildman–Crippen LogP) is 4.76. The number of halogens is 1. The first-order valence-electron chi connectivity index (χ1n) is 8.04. The Hall–Kier alpha value is -2.04. The second-order valence-electron chi connectivity index (χ2n) is 6.06. The minimum absolute atomic E-state index is 0.183. The zero-order valence-corrected chi connectivity index (χ0v) is 15.6. The van der Waals surface area contributed by atoms with Gasteiger partial charge in [-0.25, -0.2) is 0 Å². The third kappa shape index (κ3) is 3.65. The molecule has 0 fully saturated rings. The van der Waals surface area contributed by atoms with Crippen LogP contribution >= 0.6 is 23.4 Å². The minimum atomic E-state index is -0.238. The van der Waals surface area contributed by atoms with Crippen LogP contribution in [0, 0.1) is 0 Å². The molecule has 0 aliphatic carbocycles. The summed E-state index contributed by atoms with van der Waals surface area (Å²) in [6, 6.07) is 16.8.